The molecule has 19 heavy (non-hydrogen) atoms. The zero-order valence-electron chi connectivity index (χ0n) is 11.9. The van der Waals surface area contributed by atoms with Gasteiger partial charge in [-0.3, -0.25) is 4.79 Å². The second-order valence-electron chi connectivity index (χ2n) is 4.91. The van der Waals surface area contributed by atoms with Crippen molar-refractivity contribution in [3.8, 4) is 0 Å². The highest BCUT2D eigenvalue weighted by molar-refractivity contribution is 5.74. The first-order chi connectivity index (χ1) is 9.08. The van der Waals surface area contributed by atoms with Gasteiger partial charge in [0.05, 0.1) is 6.61 Å². The molecule has 0 bridgehead atoms. The standard InChI is InChI=1S/C15H23NO3/c1-12(2)11-18-8-9-19-15(17)10-16-14-6-4-13(3)5-7-14/h4-7,12,16H,8-11H2,1-3H3. The predicted octanol–water partition coefficient (Wildman–Crippen LogP) is 2.62. The first kappa shape index (κ1) is 15.5. The van der Waals surface area contributed by atoms with Crippen molar-refractivity contribution in [3.63, 3.8) is 0 Å². The lowest BCUT2D eigenvalue weighted by molar-refractivity contribution is -0.143. The molecule has 0 atom stereocenters. The molecule has 0 aliphatic rings. The third kappa shape index (κ3) is 7.47. The van der Waals surface area contributed by atoms with Crippen molar-refractivity contribution in [2.24, 2.45) is 5.92 Å². The molecule has 106 valence electrons. The third-order valence-electron chi connectivity index (χ3n) is 2.43. The summed E-state index contributed by atoms with van der Waals surface area (Å²) >= 11 is 0. The van der Waals surface area contributed by atoms with Gasteiger partial charge in [-0.2, -0.15) is 0 Å². The Balaban J connectivity index is 2.09. The van der Waals surface area contributed by atoms with Crippen LogP contribution in [0.25, 0.3) is 0 Å². The Bertz CT molecular complexity index is 373. The molecule has 0 aliphatic carbocycles. The molecule has 0 aromatic heterocycles. The Kier molecular flexibility index (Phi) is 6.97. The van der Waals surface area contributed by atoms with E-state index in [0.29, 0.717) is 25.7 Å². The van der Waals surface area contributed by atoms with Gasteiger partial charge in [0.1, 0.15) is 13.2 Å². The lowest BCUT2D eigenvalue weighted by atomic mass is 10.2. The molecule has 0 radical (unpaired) electrons. The van der Waals surface area contributed by atoms with E-state index in [9.17, 15) is 4.79 Å². The van der Waals surface area contributed by atoms with Gasteiger partial charge in [-0.1, -0.05) is 31.5 Å². The summed E-state index contributed by atoms with van der Waals surface area (Å²) in [4.78, 5) is 11.4. The SMILES string of the molecule is Cc1ccc(NCC(=O)OCCOCC(C)C)cc1. The quantitative estimate of drug-likeness (QED) is 0.580. The molecule has 4 heteroatoms. The maximum atomic E-state index is 11.4. The van der Waals surface area contributed by atoms with Crippen LogP contribution < -0.4 is 5.32 Å². The third-order valence-corrected chi connectivity index (χ3v) is 2.43. The summed E-state index contributed by atoms with van der Waals surface area (Å²) in [6.45, 7) is 7.81. The van der Waals surface area contributed by atoms with Crippen LogP contribution in [-0.2, 0) is 14.3 Å². The molecule has 1 N–H and O–H groups in total. The van der Waals surface area contributed by atoms with E-state index in [1.54, 1.807) is 0 Å². The van der Waals surface area contributed by atoms with E-state index in [1.807, 2.05) is 31.2 Å². The zero-order chi connectivity index (χ0) is 14.1. The van der Waals surface area contributed by atoms with E-state index >= 15 is 0 Å². The molecule has 4 nitrogen and oxygen atoms in total. The van der Waals surface area contributed by atoms with E-state index < -0.39 is 0 Å². The molecule has 1 rings (SSSR count). The number of anilines is 1. The second kappa shape index (κ2) is 8.53. The van der Waals surface area contributed by atoms with Crippen molar-refractivity contribution in [2.75, 3.05) is 31.7 Å². The summed E-state index contributed by atoms with van der Waals surface area (Å²) in [5.41, 5.74) is 2.11. The lowest BCUT2D eigenvalue weighted by Crippen LogP contribution is -2.19. The van der Waals surface area contributed by atoms with Crippen LogP contribution >= 0.6 is 0 Å². The maximum Gasteiger partial charge on any atom is 0.325 e. The molecule has 0 saturated carbocycles. The first-order valence-electron chi connectivity index (χ1n) is 6.62. The van der Waals surface area contributed by atoms with Gasteiger partial charge in [0.15, 0.2) is 0 Å². The Morgan fingerprint density at radius 1 is 1.21 bits per heavy atom. The molecule has 0 saturated heterocycles. The minimum atomic E-state index is -0.270. The maximum absolute atomic E-state index is 11.4. The highest BCUT2D eigenvalue weighted by Crippen LogP contribution is 2.07. The van der Waals surface area contributed by atoms with Crippen molar-refractivity contribution in [2.45, 2.75) is 20.8 Å². The van der Waals surface area contributed by atoms with Gasteiger partial charge in [0.2, 0.25) is 0 Å². The molecule has 0 unspecified atom stereocenters. The number of hydrogen-bond acceptors (Lipinski definition) is 4. The number of esters is 1. The monoisotopic (exact) mass is 265 g/mol. The lowest BCUT2D eigenvalue weighted by Gasteiger charge is -2.09. The largest absolute Gasteiger partial charge is 0.462 e. The highest BCUT2D eigenvalue weighted by Gasteiger charge is 2.02. The number of rotatable bonds is 8. The van der Waals surface area contributed by atoms with Crippen LogP contribution in [0.15, 0.2) is 24.3 Å². The van der Waals surface area contributed by atoms with E-state index in [2.05, 4.69) is 19.2 Å². The topological polar surface area (TPSA) is 47.6 Å². The van der Waals surface area contributed by atoms with Gasteiger partial charge in [-0.15, -0.1) is 0 Å². The average Bonchev–Trinajstić information content (AvgIpc) is 2.37. The average molecular weight is 265 g/mol. The molecule has 1 aromatic rings. The van der Waals surface area contributed by atoms with E-state index in [0.717, 1.165) is 5.69 Å². The smallest absolute Gasteiger partial charge is 0.325 e. The number of carbonyl (C=O) groups excluding carboxylic acids is 1. The number of aryl methyl sites for hydroxylation is 1. The van der Waals surface area contributed by atoms with Gasteiger partial charge >= 0.3 is 5.97 Å². The van der Waals surface area contributed by atoms with Crippen LogP contribution in [-0.4, -0.2) is 32.3 Å². The van der Waals surface area contributed by atoms with Gasteiger partial charge < -0.3 is 14.8 Å². The molecule has 0 heterocycles. The number of benzene rings is 1. The fourth-order valence-corrected chi connectivity index (χ4v) is 1.43. The van der Waals surface area contributed by atoms with Crippen LogP contribution in [0.5, 0.6) is 0 Å². The Hall–Kier alpha value is -1.55. The van der Waals surface area contributed by atoms with Gasteiger partial charge in [-0.25, -0.2) is 0 Å². The fourth-order valence-electron chi connectivity index (χ4n) is 1.43. The molecule has 0 fully saturated rings. The molecule has 1 aromatic carbocycles. The van der Waals surface area contributed by atoms with Crippen LogP contribution in [0.3, 0.4) is 0 Å². The molecule has 0 amide bonds. The number of nitrogens with one attached hydrogen (secondary N) is 1. The van der Waals surface area contributed by atoms with Crippen LogP contribution in [0.2, 0.25) is 0 Å². The minimum Gasteiger partial charge on any atom is -0.462 e. The number of ether oxygens (including phenoxy) is 2. The van der Waals surface area contributed by atoms with Crippen LogP contribution in [0, 0.1) is 12.8 Å². The first-order valence-corrected chi connectivity index (χ1v) is 6.62. The summed E-state index contributed by atoms with van der Waals surface area (Å²) in [6, 6.07) is 7.86. The highest BCUT2D eigenvalue weighted by atomic mass is 16.6. The number of carbonyl (C=O) groups is 1. The van der Waals surface area contributed by atoms with Crippen molar-refractivity contribution < 1.29 is 14.3 Å². The Morgan fingerprint density at radius 2 is 1.89 bits per heavy atom. The van der Waals surface area contributed by atoms with Gasteiger partial charge in [0.25, 0.3) is 0 Å². The van der Waals surface area contributed by atoms with Crippen molar-refractivity contribution in [1.29, 1.82) is 0 Å². The second-order valence-corrected chi connectivity index (χ2v) is 4.91. The normalized spacial score (nSPS) is 10.5. The van der Waals surface area contributed by atoms with Crippen LogP contribution in [0.4, 0.5) is 5.69 Å². The Morgan fingerprint density at radius 3 is 2.53 bits per heavy atom. The molecular formula is C15H23NO3. The Labute approximate surface area is 115 Å². The zero-order valence-corrected chi connectivity index (χ0v) is 11.9. The minimum absolute atomic E-state index is 0.174. The van der Waals surface area contributed by atoms with E-state index in [-0.39, 0.29) is 12.5 Å². The fraction of sp³-hybridized carbons (Fsp3) is 0.533. The van der Waals surface area contributed by atoms with E-state index in [1.165, 1.54) is 5.56 Å². The predicted molar refractivity (Wildman–Crippen MR) is 76.3 cm³/mol. The summed E-state index contributed by atoms with van der Waals surface area (Å²) in [5.74, 6) is 0.229. The summed E-state index contributed by atoms with van der Waals surface area (Å²) < 4.78 is 10.4. The van der Waals surface area contributed by atoms with Crippen molar-refractivity contribution >= 4 is 11.7 Å². The van der Waals surface area contributed by atoms with Crippen molar-refractivity contribution in [3.05, 3.63) is 29.8 Å². The van der Waals surface area contributed by atoms with Crippen LogP contribution in [0.1, 0.15) is 19.4 Å². The number of hydrogen-bond donors (Lipinski definition) is 1. The van der Waals surface area contributed by atoms with Gasteiger partial charge in [0, 0.05) is 12.3 Å². The molecular weight excluding hydrogens is 242 g/mol. The van der Waals surface area contributed by atoms with Crippen molar-refractivity contribution in [1.82, 2.24) is 0 Å². The van der Waals surface area contributed by atoms with E-state index in [4.69, 9.17) is 9.47 Å². The summed E-state index contributed by atoms with van der Waals surface area (Å²) in [5, 5.41) is 3.02. The molecule has 0 aliphatic heterocycles. The summed E-state index contributed by atoms with van der Waals surface area (Å²) in [7, 11) is 0. The molecule has 0 spiro atoms. The van der Waals surface area contributed by atoms with Gasteiger partial charge in [-0.05, 0) is 25.0 Å². The summed E-state index contributed by atoms with van der Waals surface area (Å²) in [6.07, 6.45) is 0.